The Balaban J connectivity index is 1.78. The number of carboxylic acids is 1. The van der Waals surface area contributed by atoms with E-state index in [2.05, 4.69) is 5.32 Å². The van der Waals surface area contributed by atoms with Crippen LogP contribution in [0.4, 0.5) is 5.69 Å². The molecule has 25 heavy (non-hydrogen) atoms. The quantitative estimate of drug-likeness (QED) is 0.737. The largest absolute Gasteiger partial charge is 0.489 e. The predicted molar refractivity (Wildman–Crippen MR) is 96.0 cm³/mol. The molecule has 0 aliphatic rings. The first kappa shape index (κ1) is 16.5. The molecule has 0 saturated heterocycles. The van der Waals surface area contributed by atoms with Crippen molar-refractivity contribution < 1.29 is 19.4 Å². The summed E-state index contributed by atoms with van der Waals surface area (Å²) in [6, 6.07) is 18.7. The van der Waals surface area contributed by atoms with Crippen LogP contribution < -0.4 is 10.1 Å². The molecular weight excluding hydrogens is 318 g/mol. The summed E-state index contributed by atoms with van der Waals surface area (Å²) in [4.78, 5) is 22.5. The van der Waals surface area contributed by atoms with Crippen molar-refractivity contribution in [2.45, 2.75) is 13.5 Å². The Morgan fingerprint density at radius 3 is 2.48 bits per heavy atom. The van der Waals surface area contributed by atoms with Gasteiger partial charge in [-0.15, -0.1) is 0 Å². The third-order valence-corrected chi connectivity index (χ3v) is 3.75. The minimum atomic E-state index is -1.13. The maximum absolute atomic E-state index is 11.4. The molecule has 0 bridgehead atoms. The number of aromatic carboxylic acids is 1. The summed E-state index contributed by atoms with van der Waals surface area (Å²) in [5, 5.41) is 14.1. The second-order valence-electron chi connectivity index (χ2n) is 5.66. The summed E-state index contributed by atoms with van der Waals surface area (Å²) < 4.78 is 5.72. The highest BCUT2D eigenvalue weighted by Gasteiger charge is 2.12. The van der Waals surface area contributed by atoms with Crippen molar-refractivity contribution in [2.75, 3.05) is 5.32 Å². The number of amides is 1. The first-order chi connectivity index (χ1) is 12.0. The SMILES string of the molecule is CC(=O)Nc1ccc(OCc2ccc3ccccc3c2)cc1C(=O)O. The fraction of sp³-hybridized carbons (Fsp3) is 0.100. The maximum Gasteiger partial charge on any atom is 0.337 e. The van der Waals surface area contributed by atoms with Gasteiger partial charge in [0.05, 0.1) is 11.3 Å². The first-order valence-corrected chi connectivity index (χ1v) is 7.78. The standard InChI is InChI=1S/C20H17NO4/c1-13(22)21-19-9-8-17(11-18(19)20(23)24)25-12-14-6-7-15-4-2-3-5-16(15)10-14/h2-11H,12H2,1H3,(H,21,22)(H,23,24). The van der Waals surface area contributed by atoms with E-state index in [1.54, 1.807) is 6.07 Å². The summed E-state index contributed by atoms with van der Waals surface area (Å²) in [6.07, 6.45) is 0. The van der Waals surface area contributed by atoms with Crippen molar-refractivity contribution in [3.05, 3.63) is 71.8 Å². The van der Waals surface area contributed by atoms with Gasteiger partial charge in [0.25, 0.3) is 0 Å². The van der Waals surface area contributed by atoms with Crippen molar-refractivity contribution in [3.63, 3.8) is 0 Å². The van der Waals surface area contributed by atoms with E-state index in [0.717, 1.165) is 16.3 Å². The summed E-state index contributed by atoms with van der Waals surface area (Å²) in [7, 11) is 0. The number of nitrogens with one attached hydrogen (secondary N) is 1. The third-order valence-electron chi connectivity index (χ3n) is 3.75. The molecular formula is C20H17NO4. The van der Waals surface area contributed by atoms with Crippen LogP contribution in [-0.4, -0.2) is 17.0 Å². The van der Waals surface area contributed by atoms with E-state index in [0.29, 0.717) is 12.4 Å². The lowest BCUT2D eigenvalue weighted by atomic mass is 10.1. The van der Waals surface area contributed by atoms with Crippen molar-refractivity contribution in [2.24, 2.45) is 0 Å². The number of hydrogen-bond acceptors (Lipinski definition) is 3. The second-order valence-corrected chi connectivity index (χ2v) is 5.66. The van der Waals surface area contributed by atoms with Crippen LogP contribution in [0, 0.1) is 0 Å². The van der Waals surface area contributed by atoms with Crippen LogP contribution in [0.1, 0.15) is 22.8 Å². The molecule has 0 saturated carbocycles. The van der Waals surface area contributed by atoms with Crippen LogP contribution in [0.15, 0.2) is 60.7 Å². The molecule has 0 spiro atoms. The van der Waals surface area contributed by atoms with E-state index in [9.17, 15) is 14.7 Å². The van der Waals surface area contributed by atoms with Gasteiger partial charge in [0.1, 0.15) is 12.4 Å². The third kappa shape index (κ3) is 3.95. The number of rotatable bonds is 5. The lowest BCUT2D eigenvalue weighted by Gasteiger charge is -2.11. The van der Waals surface area contributed by atoms with Crippen molar-refractivity contribution >= 4 is 28.3 Å². The number of benzene rings is 3. The monoisotopic (exact) mass is 335 g/mol. The molecule has 0 atom stereocenters. The van der Waals surface area contributed by atoms with Gasteiger partial charge in [-0.25, -0.2) is 4.79 Å². The minimum absolute atomic E-state index is 0.00814. The van der Waals surface area contributed by atoms with Gasteiger partial charge in [0.2, 0.25) is 5.91 Å². The number of carbonyl (C=O) groups is 2. The van der Waals surface area contributed by atoms with E-state index < -0.39 is 5.97 Å². The smallest absolute Gasteiger partial charge is 0.337 e. The van der Waals surface area contributed by atoms with Gasteiger partial charge in [-0.1, -0.05) is 36.4 Å². The van der Waals surface area contributed by atoms with Crippen LogP contribution in [0.25, 0.3) is 10.8 Å². The van der Waals surface area contributed by atoms with Crippen molar-refractivity contribution in [3.8, 4) is 5.75 Å². The molecule has 0 radical (unpaired) electrons. The van der Waals surface area contributed by atoms with E-state index in [1.807, 2.05) is 42.5 Å². The number of ether oxygens (including phenoxy) is 1. The molecule has 0 aliphatic carbocycles. The van der Waals surface area contributed by atoms with E-state index in [-0.39, 0.29) is 17.2 Å². The number of carboxylic acid groups (broad SMARTS) is 1. The van der Waals surface area contributed by atoms with Crippen LogP contribution in [0.3, 0.4) is 0 Å². The van der Waals surface area contributed by atoms with Gasteiger partial charge >= 0.3 is 5.97 Å². The Kier molecular flexibility index (Phi) is 4.66. The fourth-order valence-corrected chi connectivity index (χ4v) is 2.58. The zero-order chi connectivity index (χ0) is 17.8. The Hall–Kier alpha value is -3.34. The van der Waals surface area contributed by atoms with E-state index >= 15 is 0 Å². The Labute approximate surface area is 144 Å². The maximum atomic E-state index is 11.4. The lowest BCUT2D eigenvalue weighted by molar-refractivity contribution is -0.114. The molecule has 2 N–H and O–H groups in total. The molecule has 0 heterocycles. The average Bonchev–Trinajstić information content (AvgIpc) is 2.60. The molecule has 0 unspecified atom stereocenters. The second kappa shape index (κ2) is 7.05. The van der Waals surface area contributed by atoms with Crippen LogP contribution in [0.2, 0.25) is 0 Å². The number of fused-ring (bicyclic) bond motifs is 1. The fourth-order valence-electron chi connectivity index (χ4n) is 2.58. The molecule has 0 fully saturated rings. The van der Waals surface area contributed by atoms with Crippen LogP contribution in [-0.2, 0) is 11.4 Å². The molecule has 5 nitrogen and oxygen atoms in total. The Bertz CT molecular complexity index is 949. The minimum Gasteiger partial charge on any atom is -0.489 e. The van der Waals surface area contributed by atoms with Gasteiger partial charge in [-0.2, -0.15) is 0 Å². The summed E-state index contributed by atoms with van der Waals surface area (Å²) >= 11 is 0. The van der Waals surface area contributed by atoms with Gasteiger partial charge < -0.3 is 15.2 Å². The summed E-state index contributed by atoms with van der Waals surface area (Å²) in [6.45, 7) is 1.65. The molecule has 0 aliphatic heterocycles. The van der Waals surface area contributed by atoms with Crippen LogP contribution >= 0.6 is 0 Å². The number of anilines is 1. The van der Waals surface area contributed by atoms with Gasteiger partial charge in [-0.05, 0) is 40.6 Å². The van der Waals surface area contributed by atoms with Crippen LogP contribution in [0.5, 0.6) is 5.75 Å². The van der Waals surface area contributed by atoms with Gasteiger partial charge in [0.15, 0.2) is 0 Å². The molecule has 1 amide bonds. The normalized spacial score (nSPS) is 10.4. The molecule has 5 heteroatoms. The summed E-state index contributed by atoms with van der Waals surface area (Å²) in [5.41, 5.74) is 1.23. The molecule has 3 aromatic carbocycles. The number of hydrogen-bond donors (Lipinski definition) is 2. The molecule has 3 rings (SSSR count). The average molecular weight is 335 g/mol. The van der Waals surface area contributed by atoms with Gasteiger partial charge in [-0.3, -0.25) is 4.79 Å². The Morgan fingerprint density at radius 2 is 1.76 bits per heavy atom. The molecule has 0 aromatic heterocycles. The van der Waals surface area contributed by atoms with Crippen molar-refractivity contribution in [1.29, 1.82) is 0 Å². The zero-order valence-electron chi connectivity index (χ0n) is 13.7. The van der Waals surface area contributed by atoms with E-state index in [1.165, 1.54) is 19.1 Å². The molecule has 126 valence electrons. The van der Waals surface area contributed by atoms with Crippen molar-refractivity contribution in [1.82, 2.24) is 0 Å². The van der Waals surface area contributed by atoms with Gasteiger partial charge in [0, 0.05) is 6.92 Å². The first-order valence-electron chi connectivity index (χ1n) is 7.78. The highest BCUT2D eigenvalue weighted by atomic mass is 16.5. The number of carbonyl (C=O) groups excluding carboxylic acids is 1. The zero-order valence-corrected chi connectivity index (χ0v) is 13.7. The topological polar surface area (TPSA) is 75.6 Å². The van der Waals surface area contributed by atoms with E-state index in [4.69, 9.17) is 4.74 Å². The summed E-state index contributed by atoms with van der Waals surface area (Å²) in [5.74, 6) is -1.02. The highest BCUT2D eigenvalue weighted by Crippen LogP contribution is 2.24. The highest BCUT2D eigenvalue weighted by molar-refractivity contribution is 6.00. The Morgan fingerprint density at radius 1 is 1.00 bits per heavy atom. The molecule has 3 aromatic rings. The lowest BCUT2D eigenvalue weighted by Crippen LogP contribution is -2.11. The predicted octanol–water partition coefficient (Wildman–Crippen LogP) is 4.08.